The van der Waals surface area contributed by atoms with E-state index < -0.39 is 17.8 Å². The Labute approximate surface area is 118 Å². The summed E-state index contributed by atoms with van der Waals surface area (Å²) in [4.78, 5) is 23.7. The number of carbonyl (C=O) groups is 2. The van der Waals surface area contributed by atoms with Gasteiger partial charge in [0.25, 0.3) is 5.91 Å². The first-order valence-corrected chi connectivity index (χ1v) is 6.90. The summed E-state index contributed by atoms with van der Waals surface area (Å²) in [6.45, 7) is 0.636. The zero-order chi connectivity index (χ0) is 13.8. The third-order valence-corrected chi connectivity index (χ3v) is 3.42. The second-order valence-corrected chi connectivity index (χ2v) is 5.39. The molecule has 1 aliphatic heterocycles. The molecule has 6 heteroatoms. The smallest absolute Gasteiger partial charge is 0.252 e. The summed E-state index contributed by atoms with van der Waals surface area (Å²) in [6, 6.07) is 3.40. The van der Waals surface area contributed by atoms with Crippen LogP contribution in [0.3, 0.4) is 0 Å². The quantitative estimate of drug-likeness (QED) is 0.872. The van der Waals surface area contributed by atoms with Crippen molar-refractivity contribution in [2.75, 3.05) is 6.54 Å². The highest BCUT2D eigenvalue weighted by molar-refractivity contribution is 9.10. The number of halogens is 2. The van der Waals surface area contributed by atoms with Gasteiger partial charge < -0.3 is 10.6 Å². The monoisotopic (exact) mass is 328 g/mol. The third kappa shape index (κ3) is 3.76. The Morgan fingerprint density at radius 1 is 1.37 bits per heavy atom. The minimum absolute atomic E-state index is 0.179. The van der Waals surface area contributed by atoms with E-state index in [0.717, 1.165) is 18.9 Å². The van der Waals surface area contributed by atoms with Crippen LogP contribution in [0.4, 0.5) is 4.39 Å². The summed E-state index contributed by atoms with van der Waals surface area (Å²) >= 11 is 3.13. The van der Waals surface area contributed by atoms with Gasteiger partial charge in [-0.05, 0) is 37.5 Å². The van der Waals surface area contributed by atoms with Crippen LogP contribution >= 0.6 is 15.9 Å². The largest absolute Gasteiger partial charge is 0.354 e. The van der Waals surface area contributed by atoms with E-state index in [-0.39, 0.29) is 11.5 Å². The standard InChI is InChI=1S/C13H14BrFN2O2/c14-9-5-8(6-10(15)7-9)12(18)17-11-3-1-2-4-16-13(11)19/h5-7,11H,1-4H2,(H,16,19)(H,17,18). The van der Waals surface area contributed by atoms with Crippen LogP contribution in [0.15, 0.2) is 22.7 Å². The van der Waals surface area contributed by atoms with Gasteiger partial charge in [-0.15, -0.1) is 0 Å². The number of carbonyl (C=O) groups excluding carboxylic acids is 2. The molecule has 1 fully saturated rings. The van der Waals surface area contributed by atoms with E-state index in [9.17, 15) is 14.0 Å². The summed E-state index contributed by atoms with van der Waals surface area (Å²) in [5.41, 5.74) is 0.198. The number of rotatable bonds is 2. The average Bonchev–Trinajstić information content (AvgIpc) is 2.54. The lowest BCUT2D eigenvalue weighted by Crippen LogP contribution is -2.45. The van der Waals surface area contributed by atoms with Crippen molar-refractivity contribution in [1.29, 1.82) is 0 Å². The fourth-order valence-electron chi connectivity index (χ4n) is 2.00. The SMILES string of the molecule is O=C(NC1CCCCNC1=O)c1cc(F)cc(Br)c1. The van der Waals surface area contributed by atoms with Gasteiger partial charge in [0.15, 0.2) is 0 Å². The summed E-state index contributed by atoms with van der Waals surface area (Å²) in [6.07, 6.45) is 2.38. The molecule has 2 amide bonds. The number of nitrogens with one attached hydrogen (secondary N) is 2. The molecule has 0 aliphatic carbocycles. The zero-order valence-electron chi connectivity index (χ0n) is 10.2. The molecule has 1 saturated heterocycles. The highest BCUT2D eigenvalue weighted by atomic mass is 79.9. The van der Waals surface area contributed by atoms with Crippen LogP contribution < -0.4 is 10.6 Å². The Balaban J connectivity index is 2.09. The molecule has 0 radical (unpaired) electrons. The van der Waals surface area contributed by atoms with Crippen molar-refractivity contribution >= 4 is 27.7 Å². The lowest BCUT2D eigenvalue weighted by atomic mass is 10.1. The van der Waals surface area contributed by atoms with Crippen molar-refractivity contribution in [3.63, 3.8) is 0 Å². The minimum Gasteiger partial charge on any atom is -0.354 e. The van der Waals surface area contributed by atoms with E-state index in [1.54, 1.807) is 0 Å². The van der Waals surface area contributed by atoms with Crippen molar-refractivity contribution in [2.45, 2.75) is 25.3 Å². The van der Waals surface area contributed by atoms with Crippen molar-refractivity contribution in [1.82, 2.24) is 10.6 Å². The molecule has 102 valence electrons. The molecule has 1 aromatic rings. The molecule has 1 aromatic carbocycles. The zero-order valence-corrected chi connectivity index (χ0v) is 11.8. The van der Waals surface area contributed by atoms with Crippen molar-refractivity contribution in [3.05, 3.63) is 34.1 Å². The second-order valence-electron chi connectivity index (χ2n) is 4.47. The van der Waals surface area contributed by atoms with Crippen molar-refractivity contribution in [2.24, 2.45) is 0 Å². The number of amides is 2. The molecule has 1 atom stereocenters. The van der Waals surface area contributed by atoms with Crippen LogP contribution in [0.25, 0.3) is 0 Å². The molecule has 1 aliphatic rings. The maximum Gasteiger partial charge on any atom is 0.252 e. The third-order valence-electron chi connectivity index (χ3n) is 2.97. The van der Waals surface area contributed by atoms with E-state index in [0.29, 0.717) is 17.4 Å². The van der Waals surface area contributed by atoms with Gasteiger partial charge in [-0.2, -0.15) is 0 Å². The number of hydrogen-bond acceptors (Lipinski definition) is 2. The normalized spacial score (nSPS) is 19.5. The number of benzene rings is 1. The second kappa shape index (κ2) is 6.14. The predicted octanol–water partition coefficient (Wildman–Crippen LogP) is 1.99. The minimum atomic E-state index is -0.544. The molecule has 4 nitrogen and oxygen atoms in total. The lowest BCUT2D eigenvalue weighted by Gasteiger charge is -2.15. The Morgan fingerprint density at radius 2 is 2.16 bits per heavy atom. The molecular weight excluding hydrogens is 315 g/mol. The first-order chi connectivity index (χ1) is 9.06. The van der Waals surface area contributed by atoms with Gasteiger partial charge in [-0.3, -0.25) is 9.59 Å². The van der Waals surface area contributed by atoms with Crippen LogP contribution in [-0.2, 0) is 4.79 Å². The van der Waals surface area contributed by atoms with Gasteiger partial charge in [0.1, 0.15) is 11.9 Å². The molecule has 19 heavy (non-hydrogen) atoms. The maximum atomic E-state index is 13.2. The van der Waals surface area contributed by atoms with Crippen LogP contribution in [-0.4, -0.2) is 24.4 Å². The molecule has 2 N–H and O–H groups in total. The van der Waals surface area contributed by atoms with E-state index in [2.05, 4.69) is 26.6 Å². The van der Waals surface area contributed by atoms with Crippen LogP contribution in [0.1, 0.15) is 29.6 Å². The van der Waals surface area contributed by atoms with Crippen LogP contribution in [0.5, 0.6) is 0 Å². The van der Waals surface area contributed by atoms with Crippen molar-refractivity contribution < 1.29 is 14.0 Å². The summed E-state index contributed by atoms with van der Waals surface area (Å²) in [5, 5.41) is 5.38. The highest BCUT2D eigenvalue weighted by Crippen LogP contribution is 2.15. The van der Waals surface area contributed by atoms with Gasteiger partial charge >= 0.3 is 0 Å². The van der Waals surface area contributed by atoms with Crippen molar-refractivity contribution in [3.8, 4) is 0 Å². The molecule has 0 aromatic heterocycles. The van der Waals surface area contributed by atoms with E-state index in [1.807, 2.05) is 0 Å². The molecule has 0 saturated carbocycles. The highest BCUT2D eigenvalue weighted by Gasteiger charge is 2.23. The predicted molar refractivity (Wildman–Crippen MR) is 72.2 cm³/mol. The summed E-state index contributed by atoms with van der Waals surface area (Å²) < 4.78 is 13.7. The van der Waals surface area contributed by atoms with Gasteiger partial charge in [0, 0.05) is 16.6 Å². The van der Waals surface area contributed by atoms with E-state index in [1.165, 1.54) is 12.1 Å². The molecular formula is C13H14BrFN2O2. The topological polar surface area (TPSA) is 58.2 Å². The van der Waals surface area contributed by atoms with E-state index in [4.69, 9.17) is 0 Å². The molecule has 1 heterocycles. The molecule has 0 bridgehead atoms. The van der Waals surface area contributed by atoms with Crippen LogP contribution in [0, 0.1) is 5.82 Å². The lowest BCUT2D eigenvalue weighted by molar-refractivity contribution is -0.122. The maximum absolute atomic E-state index is 13.2. The Hall–Kier alpha value is -1.43. The summed E-state index contributed by atoms with van der Waals surface area (Å²) in [5.74, 6) is -1.12. The first-order valence-electron chi connectivity index (χ1n) is 6.11. The van der Waals surface area contributed by atoms with Gasteiger partial charge in [0.2, 0.25) is 5.91 Å². The fraction of sp³-hybridized carbons (Fsp3) is 0.385. The number of hydrogen-bond donors (Lipinski definition) is 2. The Morgan fingerprint density at radius 3 is 2.89 bits per heavy atom. The first kappa shape index (κ1) is 14.0. The molecule has 2 rings (SSSR count). The van der Waals surface area contributed by atoms with Crippen LogP contribution in [0.2, 0.25) is 0 Å². The van der Waals surface area contributed by atoms with E-state index >= 15 is 0 Å². The Kier molecular flexibility index (Phi) is 4.52. The summed E-state index contributed by atoms with van der Waals surface area (Å²) in [7, 11) is 0. The fourth-order valence-corrected chi connectivity index (χ4v) is 2.47. The average molecular weight is 329 g/mol. The molecule has 1 unspecified atom stereocenters. The molecule has 0 spiro atoms. The van der Waals surface area contributed by atoms with Gasteiger partial charge in [-0.1, -0.05) is 15.9 Å². The Bertz CT molecular complexity index is 487. The van der Waals surface area contributed by atoms with Gasteiger partial charge in [0.05, 0.1) is 0 Å². The van der Waals surface area contributed by atoms with Gasteiger partial charge in [-0.25, -0.2) is 4.39 Å².